The third kappa shape index (κ3) is 3.96. The first-order valence-electron chi connectivity index (χ1n) is 7.85. The Balaban J connectivity index is 2.26. The molecular formula is C17H21N3O4S. The van der Waals surface area contributed by atoms with E-state index in [4.69, 9.17) is 4.74 Å². The molecule has 2 N–H and O–H groups in total. The summed E-state index contributed by atoms with van der Waals surface area (Å²) in [6, 6.07) is 0. The molecule has 0 aliphatic heterocycles. The van der Waals surface area contributed by atoms with Gasteiger partial charge in [0.05, 0.1) is 30.5 Å². The molecule has 0 saturated heterocycles. The van der Waals surface area contributed by atoms with E-state index in [1.807, 2.05) is 13.8 Å². The van der Waals surface area contributed by atoms with Crippen molar-refractivity contribution >= 4 is 34.1 Å². The Morgan fingerprint density at radius 1 is 1.28 bits per heavy atom. The van der Waals surface area contributed by atoms with Gasteiger partial charge >= 0.3 is 5.97 Å². The Hall–Kier alpha value is -2.48. The van der Waals surface area contributed by atoms with Crippen LogP contribution in [0.5, 0.6) is 0 Å². The molecule has 7 nitrogen and oxygen atoms in total. The highest BCUT2D eigenvalue weighted by atomic mass is 32.1. The van der Waals surface area contributed by atoms with Crippen molar-refractivity contribution < 1.29 is 19.1 Å². The van der Waals surface area contributed by atoms with Gasteiger partial charge in [-0.2, -0.15) is 0 Å². The summed E-state index contributed by atoms with van der Waals surface area (Å²) in [6.45, 7) is 7.00. The minimum absolute atomic E-state index is 0.0847. The number of carbonyl (C=O) groups is 3. The lowest BCUT2D eigenvalue weighted by molar-refractivity contribution is -0.115. The van der Waals surface area contributed by atoms with Crippen molar-refractivity contribution in [3.8, 4) is 0 Å². The Labute approximate surface area is 149 Å². The van der Waals surface area contributed by atoms with Gasteiger partial charge < -0.3 is 15.0 Å². The SMILES string of the molecule is CCc1nc(NC(=O)Cc2[nH]c(C(C)=O)c(C)c2C(=O)OC)sc1C. The summed E-state index contributed by atoms with van der Waals surface area (Å²) in [6.07, 6.45) is 0.709. The summed E-state index contributed by atoms with van der Waals surface area (Å²) in [5.74, 6) is -1.11. The van der Waals surface area contributed by atoms with Crippen molar-refractivity contribution in [1.29, 1.82) is 0 Å². The molecule has 0 aliphatic carbocycles. The number of esters is 1. The largest absolute Gasteiger partial charge is 0.465 e. The normalized spacial score (nSPS) is 10.6. The first-order chi connectivity index (χ1) is 11.8. The van der Waals surface area contributed by atoms with Crippen molar-refractivity contribution in [3.63, 3.8) is 0 Å². The maximum absolute atomic E-state index is 12.3. The molecule has 0 aliphatic rings. The van der Waals surface area contributed by atoms with E-state index in [1.54, 1.807) is 6.92 Å². The van der Waals surface area contributed by atoms with Crippen LogP contribution in [0.2, 0.25) is 0 Å². The predicted octanol–water partition coefficient (Wildman–Crippen LogP) is 2.82. The number of hydrogen-bond donors (Lipinski definition) is 2. The van der Waals surface area contributed by atoms with Crippen molar-refractivity contribution in [2.24, 2.45) is 0 Å². The Morgan fingerprint density at radius 3 is 2.48 bits per heavy atom. The summed E-state index contributed by atoms with van der Waals surface area (Å²) in [4.78, 5) is 44.4. The zero-order chi connectivity index (χ0) is 18.7. The molecule has 0 saturated carbocycles. The number of H-pyrrole nitrogens is 1. The quantitative estimate of drug-likeness (QED) is 0.607. The zero-order valence-corrected chi connectivity index (χ0v) is 15.7. The van der Waals surface area contributed by atoms with Gasteiger partial charge in [-0.25, -0.2) is 9.78 Å². The number of thiazole rings is 1. The highest BCUT2D eigenvalue weighted by molar-refractivity contribution is 7.15. The van der Waals surface area contributed by atoms with E-state index in [9.17, 15) is 14.4 Å². The molecular weight excluding hydrogens is 342 g/mol. The van der Waals surface area contributed by atoms with Gasteiger partial charge in [-0.15, -0.1) is 11.3 Å². The van der Waals surface area contributed by atoms with Crippen LogP contribution in [0, 0.1) is 13.8 Å². The number of methoxy groups -OCH3 is 1. The van der Waals surface area contributed by atoms with Crippen LogP contribution in [-0.2, 0) is 22.4 Å². The molecule has 25 heavy (non-hydrogen) atoms. The second-order valence-corrected chi connectivity index (χ2v) is 6.83. The Bertz CT molecular complexity index is 835. The van der Waals surface area contributed by atoms with Crippen LogP contribution in [0.3, 0.4) is 0 Å². The number of aryl methyl sites for hydroxylation is 2. The number of rotatable bonds is 6. The number of Topliss-reactive ketones (excluding diaryl/α,β-unsaturated/α-hetero) is 1. The molecule has 0 unspecified atom stereocenters. The van der Waals surface area contributed by atoms with E-state index >= 15 is 0 Å². The molecule has 2 heterocycles. The number of nitrogens with one attached hydrogen (secondary N) is 2. The third-order valence-electron chi connectivity index (χ3n) is 3.88. The molecule has 0 atom stereocenters. The first kappa shape index (κ1) is 18.9. The number of ketones is 1. The lowest BCUT2D eigenvalue weighted by Crippen LogP contribution is -2.17. The van der Waals surface area contributed by atoms with Crippen LogP contribution in [0.4, 0.5) is 5.13 Å². The molecule has 0 radical (unpaired) electrons. The van der Waals surface area contributed by atoms with Gasteiger partial charge in [0.2, 0.25) is 5.91 Å². The fourth-order valence-electron chi connectivity index (χ4n) is 2.65. The van der Waals surface area contributed by atoms with E-state index < -0.39 is 5.97 Å². The van der Waals surface area contributed by atoms with Crippen molar-refractivity contribution in [2.75, 3.05) is 12.4 Å². The van der Waals surface area contributed by atoms with Crippen molar-refractivity contribution in [1.82, 2.24) is 9.97 Å². The molecule has 2 aromatic heterocycles. The van der Waals surface area contributed by atoms with Gasteiger partial charge in [0.25, 0.3) is 0 Å². The highest BCUT2D eigenvalue weighted by Gasteiger charge is 2.24. The zero-order valence-electron chi connectivity index (χ0n) is 14.9. The second kappa shape index (κ2) is 7.60. The van der Waals surface area contributed by atoms with Crippen molar-refractivity contribution in [2.45, 2.75) is 40.5 Å². The van der Waals surface area contributed by atoms with Crippen molar-refractivity contribution in [3.05, 3.63) is 33.1 Å². The third-order valence-corrected chi connectivity index (χ3v) is 4.81. The highest BCUT2D eigenvalue weighted by Crippen LogP contribution is 2.24. The number of aromatic nitrogens is 2. The number of carbonyl (C=O) groups excluding carboxylic acids is 3. The number of anilines is 1. The standard InChI is InChI=1S/C17H21N3O4S/c1-6-11-10(4)25-17(19-11)20-13(22)7-12-14(16(23)24-5)8(2)15(18-12)9(3)21/h18H,6-7H2,1-5H3,(H,19,20,22). The van der Waals surface area contributed by atoms with Crippen LogP contribution in [0.25, 0.3) is 0 Å². The number of amides is 1. The fraction of sp³-hybridized carbons (Fsp3) is 0.412. The molecule has 2 aromatic rings. The van der Waals surface area contributed by atoms with Gasteiger partial charge in [-0.05, 0) is 25.8 Å². The van der Waals surface area contributed by atoms with E-state index in [0.29, 0.717) is 22.1 Å². The smallest absolute Gasteiger partial charge is 0.339 e. The molecule has 2 rings (SSSR count). The molecule has 0 aromatic carbocycles. The number of hydrogen-bond acceptors (Lipinski definition) is 6. The first-order valence-corrected chi connectivity index (χ1v) is 8.66. The molecule has 0 spiro atoms. The number of nitrogens with zero attached hydrogens (tertiary/aromatic N) is 1. The summed E-state index contributed by atoms with van der Waals surface area (Å²) in [5, 5.41) is 3.26. The second-order valence-electron chi connectivity index (χ2n) is 5.63. The molecule has 1 amide bonds. The maximum atomic E-state index is 12.3. The van der Waals surface area contributed by atoms with Gasteiger partial charge in [0, 0.05) is 17.5 Å². The Morgan fingerprint density at radius 2 is 1.96 bits per heavy atom. The maximum Gasteiger partial charge on any atom is 0.339 e. The number of ether oxygens (including phenoxy) is 1. The molecule has 0 fully saturated rings. The monoisotopic (exact) mass is 363 g/mol. The molecule has 0 bridgehead atoms. The van der Waals surface area contributed by atoms with E-state index in [0.717, 1.165) is 17.0 Å². The summed E-state index contributed by atoms with van der Waals surface area (Å²) < 4.78 is 4.77. The summed E-state index contributed by atoms with van der Waals surface area (Å²) in [5.41, 5.74) is 2.33. The van der Waals surface area contributed by atoms with E-state index in [-0.39, 0.29) is 23.7 Å². The fourth-order valence-corrected chi connectivity index (χ4v) is 3.57. The molecule has 8 heteroatoms. The number of aromatic amines is 1. The van der Waals surface area contributed by atoms with E-state index in [1.165, 1.54) is 25.4 Å². The summed E-state index contributed by atoms with van der Waals surface area (Å²) in [7, 11) is 1.26. The predicted molar refractivity (Wildman–Crippen MR) is 95.4 cm³/mol. The van der Waals surface area contributed by atoms with Gasteiger partial charge in [0.15, 0.2) is 10.9 Å². The minimum Gasteiger partial charge on any atom is -0.465 e. The minimum atomic E-state index is -0.581. The summed E-state index contributed by atoms with van der Waals surface area (Å²) >= 11 is 1.41. The van der Waals surface area contributed by atoms with Gasteiger partial charge in [-0.1, -0.05) is 6.92 Å². The van der Waals surface area contributed by atoms with Crippen LogP contribution in [0.1, 0.15) is 56.5 Å². The van der Waals surface area contributed by atoms with Crippen LogP contribution in [-0.4, -0.2) is 34.7 Å². The average Bonchev–Trinajstić information content (AvgIpc) is 3.06. The van der Waals surface area contributed by atoms with Gasteiger partial charge in [-0.3, -0.25) is 9.59 Å². The van der Waals surface area contributed by atoms with Crippen LogP contribution in [0.15, 0.2) is 0 Å². The molecule has 134 valence electrons. The topological polar surface area (TPSA) is 101 Å². The van der Waals surface area contributed by atoms with E-state index in [2.05, 4.69) is 15.3 Å². The lowest BCUT2D eigenvalue weighted by Gasteiger charge is -2.04. The van der Waals surface area contributed by atoms with Crippen LogP contribution >= 0.6 is 11.3 Å². The van der Waals surface area contributed by atoms with Crippen LogP contribution < -0.4 is 5.32 Å². The average molecular weight is 363 g/mol. The lowest BCUT2D eigenvalue weighted by atomic mass is 10.1. The Kier molecular flexibility index (Phi) is 5.73. The van der Waals surface area contributed by atoms with Gasteiger partial charge in [0.1, 0.15) is 0 Å².